The first kappa shape index (κ1) is 37.6. The SMILES string of the molecule is [2H]c1c([2H])c(C(C)(C)C)c([2H])c([2H])c1-c1c([2H])c(C(C)(C)C)c([2H])c([2H])c1N1c2nc(C(C)(C)C)cc3c2B(c2sc4ccc(C(C)(C)C)cc4c2N3c2ccc3c(c2)C(C)(C)CCC3(C)C)c2c([2H])c(C(C)(C)C)c([2H])c([2H])c21. The molecular formula is C65H78BN3S. The third-order valence-corrected chi connectivity index (χ3v) is 16.4. The minimum absolute atomic E-state index is 0.0559. The number of hydrogen-bond donors (Lipinski definition) is 0. The maximum atomic E-state index is 10.7. The fourth-order valence-electron chi connectivity index (χ4n) is 10.5. The minimum Gasteiger partial charge on any atom is -0.310 e. The van der Waals surface area contributed by atoms with Crippen molar-refractivity contribution in [2.75, 3.05) is 9.80 Å². The van der Waals surface area contributed by atoms with Gasteiger partial charge in [-0.25, -0.2) is 4.98 Å². The van der Waals surface area contributed by atoms with Crippen molar-refractivity contribution in [2.45, 2.75) is 182 Å². The molecule has 0 atom stereocenters. The van der Waals surface area contributed by atoms with E-state index in [9.17, 15) is 13.7 Å². The summed E-state index contributed by atoms with van der Waals surface area (Å²) < 4.78 is 103. The molecule has 2 aromatic heterocycles. The van der Waals surface area contributed by atoms with Crippen molar-refractivity contribution in [3.63, 3.8) is 0 Å². The lowest BCUT2D eigenvalue weighted by molar-refractivity contribution is 0.332. The first-order valence-electron chi connectivity index (χ1n) is 30.3. The van der Waals surface area contributed by atoms with Crippen LogP contribution in [-0.4, -0.2) is 11.7 Å². The second-order valence-electron chi connectivity index (χ2n) is 26.9. The van der Waals surface area contributed by atoms with E-state index in [1.807, 2.05) is 62.3 Å². The average molecular weight is 954 g/mol. The minimum atomic E-state index is -0.913. The van der Waals surface area contributed by atoms with Gasteiger partial charge in [-0.1, -0.05) is 186 Å². The number of anilines is 6. The van der Waals surface area contributed by atoms with E-state index < -0.39 is 40.5 Å². The number of rotatable bonds is 3. The number of fused-ring (bicyclic) bond motifs is 7. The zero-order chi connectivity index (χ0) is 59.3. The molecule has 0 saturated heterocycles. The fraction of sp³-hybridized carbons (Fsp3) is 0.431. The molecule has 3 nitrogen and oxygen atoms in total. The molecule has 0 amide bonds. The largest absolute Gasteiger partial charge is 0.310 e. The third kappa shape index (κ3) is 7.96. The first-order chi connectivity index (χ1) is 36.6. The van der Waals surface area contributed by atoms with Crippen molar-refractivity contribution in [1.29, 1.82) is 0 Å². The van der Waals surface area contributed by atoms with Gasteiger partial charge in [0, 0.05) is 42.9 Å². The number of hydrogen-bond acceptors (Lipinski definition) is 4. The first-order valence-corrected chi connectivity index (χ1v) is 26.1. The summed E-state index contributed by atoms with van der Waals surface area (Å²) in [5, 5.41) is 1.04. The Morgan fingerprint density at radius 1 is 0.557 bits per heavy atom. The van der Waals surface area contributed by atoms with E-state index in [0.29, 0.717) is 22.2 Å². The smallest absolute Gasteiger partial charge is 0.266 e. The molecule has 7 aromatic rings. The van der Waals surface area contributed by atoms with Crippen LogP contribution in [-0.2, 0) is 37.9 Å². The van der Waals surface area contributed by atoms with Crippen LogP contribution in [0.1, 0.15) is 197 Å². The van der Waals surface area contributed by atoms with Crippen LogP contribution in [0.3, 0.4) is 0 Å². The van der Waals surface area contributed by atoms with Gasteiger partial charge in [0.25, 0.3) is 6.71 Å². The molecule has 0 unspecified atom stereocenters. The lowest BCUT2D eigenvalue weighted by Crippen LogP contribution is -2.61. The van der Waals surface area contributed by atoms with Gasteiger partial charge in [0.1, 0.15) is 5.82 Å². The van der Waals surface area contributed by atoms with Crippen LogP contribution in [0.25, 0.3) is 21.2 Å². The van der Waals surface area contributed by atoms with Crippen molar-refractivity contribution in [3.05, 3.63) is 142 Å². The standard InChI is InChI=1S/C65H78BN3S/c1-59(2,3)40-22-20-39(21-23-40)45-34-41(60(4,5)6)24-29-50(45)69-51-30-25-43(62(10,11)12)36-49(51)66-55-52(38-54(63(13,14)15)67-58(55)69)68(44-27-28-47-48(37-44)65(18,19)33-32-64(47,16)17)56-46-35-42(61(7,8)9)26-31-53(46)70-57(56)66/h20-31,34-38H,32-33H2,1-19H3/i20D,21D,22D,23D,24D,25D,29D,30D,34D,36D. The number of aromatic nitrogens is 1. The highest BCUT2D eigenvalue weighted by atomic mass is 32.1. The average Bonchev–Trinajstić information content (AvgIpc) is 3.90. The molecule has 4 heterocycles. The number of nitrogens with zero attached hydrogens (tertiary/aromatic N) is 3. The van der Waals surface area contributed by atoms with Crippen LogP contribution in [0.4, 0.5) is 34.3 Å². The van der Waals surface area contributed by atoms with E-state index in [-0.39, 0.29) is 104 Å². The normalized spacial score (nSPS) is 18.5. The quantitative estimate of drug-likeness (QED) is 0.165. The van der Waals surface area contributed by atoms with E-state index >= 15 is 0 Å². The fourth-order valence-corrected chi connectivity index (χ4v) is 11.8. The van der Waals surface area contributed by atoms with Gasteiger partial charge in [0.05, 0.1) is 30.8 Å². The topological polar surface area (TPSA) is 19.4 Å². The predicted molar refractivity (Wildman–Crippen MR) is 308 cm³/mol. The molecule has 362 valence electrons. The Balaban J connectivity index is 1.48. The molecule has 0 N–H and O–H groups in total. The van der Waals surface area contributed by atoms with E-state index in [4.69, 9.17) is 4.98 Å². The summed E-state index contributed by atoms with van der Waals surface area (Å²) in [5.74, 6) is 0.280. The van der Waals surface area contributed by atoms with Gasteiger partial charge in [0.15, 0.2) is 0 Å². The molecule has 2 aliphatic heterocycles. The van der Waals surface area contributed by atoms with Gasteiger partial charge < -0.3 is 4.90 Å². The van der Waals surface area contributed by atoms with E-state index in [1.165, 1.54) is 11.1 Å². The third-order valence-electron chi connectivity index (χ3n) is 15.1. The molecule has 5 heteroatoms. The van der Waals surface area contributed by atoms with Gasteiger partial charge in [-0.15, -0.1) is 11.3 Å². The van der Waals surface area contributed by atoms with Gasteiger partial charge in [-0.3, -0.25) is 4.90 Å². The second-order valence-corrected chi connectivity index (χ2v) is 28.0. The molecule has 0 radical (unpaired) electrons. The molecule has 10 rings (SSSR count). The summed E-state index contributed by atoms with van der Waals surface area (Å²) in [4.78, 5) is 9.67. The number of benzene rings is 5. The molecule has 0 bridgehead atoms. The number of thiophene rings is 1. The molecule has 3 aliphatic rings. The Morgan fingerprint density at radius 2 is 1.13 bits per heavy atom. The van der Waals surface area contributed by atoms with Crippen LogP contribution < -0.4 is 25.5 Å². The Bertz CT molecular complexity index is 3810. The van der Waals surface area contributed by atoms with Gasteiger partial charge in [0.2, 0.25) is 0 Å². The van der Waals surface area contributed by atoms with Crippen molar-refractivity contribution in [3.8, 4) is 11.1 Å². The molecule has 0 spiro atoms. The molecule has 70 heavy (non-hydrogen) atoms. The Labute approximate surface area is 440 Å². The highest BCUT2D eigenvalue weighted by Gasteiger charge is 2.48. The summed E-state index contributed by atoms with van der Waals surface area (Å²) in [5.41, 5.74) is 4.99. The molecule has 0 saturated carbocycles. The summed E-state index contributed by atoms with van der Waals surface area (Å²) in [6.07, 6.45) is 2.05. The summed E-state index contributed by atoms with van der Waals surface area (Å²) in [6, 6.07) is 13.2. The van der Waals surface area contributed by atoms with Gasteiger partial charge >= 0.3 is 0 Å². The number of pyridine rings is 1. The van der Waals surface area contributed by atoms with Gasteiger partial charge in [-0.2, -0.15) is 0 Å². The Hall–Kier alpha value is -5.13. The van der Waals surface area contributed by atoms with Crippen LogP contribution >= 0.6 is 11.3 Å². The van der Waals surface area contributed by atoms with Crippen molar-refractivity contribution in [1.82, 2.24) is 4.98 Å². The monoisotopic (exact) mass is 954 g/mol. The van der Waals surface area contributed by atoms with E-state index in [0.717, 1.165) is 50.3 Å². The molecule has 1 aliphatic carbocycles. The predicted octanol–water partition coefficient (Wildman–Crippen LogP) is 16.9. The molecule has 0 fully saturated rings. The summed E-state index contributed by atoms with van der Waals surface area (Å²) in [7, 11) is 0. The van der Waals surface area contributed by atoms with Crippen molar-refractivity contribution >= 4 is 78.1 Å². The van der Waals surface area contributed by atoms with Crippen LogP contribution in [0.15, 0.2) is 103 Å². The zero-order valence-corrected chi connectivity index (χ0v) is 46.1. The van der Waals surface area contributed by atoms with Crippen LogP contribution in [0.5, 0.6) is 0 Å². The maximum Gasteiger partial charge on any atom is 0.266 e. The highest BCUT2D eigenvalue weighted by molar-refractivity contribution is 7.33. The van der Waals surface area contributed by atoms with E-state index in [2.05, 4.69) is 117 Å². The van der Waals surface area contributed by atoms with E-state index in [1.54, 1.807) is 16.2 Å². The Kier molecular flexibility index (Phi) is 8.43. The van der Waals surface area contributed by atoms with Crippen molar-refractivity contribution in [2.24, 2.45) is 0 Å². The highest BCUT2D eigenvalue weighted by Crippen LogP contribution is 2.53. The van der Waals surface area contributed by atoms with Crippen LogP contribution in [0, 0.1) is 0 Å². The lowest BCUT2D eigenvalue weighted by atomic mass is 9.36. The molecule has 5 aromatic carbocycles. The van der Waals surface area contributed by atoms with Gasteiger partial charge in [-0.05, 0) is 144 Å². The lowest BCUT2D eigenvalue weighted by Gasteiger charge is -2.45. The van der Waals surface area contributed by atoms with Crippen LogP contribution in [0.2, 0.25) is 0 Å². The Morgan fingerprint density at radius 3 is 1.73 bits per heavy atom. The summed E-state index contributed by atoms with van der Waals surface area (Å²) >= 11 is 1.64. The van der Waals surface area contributed by atoms with Crippen molar-refractivity contribution < 1.29 is 13.7 Å². The second kappa shape index (κ2) is 15.7. The maximum absolute atomic E-state index is 10.7. The summed E-state index contributed by atoms with van der Waals surface area (Å²) in [6.45, 7) is 38.4. The molecular weight excluding hydrogens is 866 g/mol. The zero-order valence-electron chi connectivity index (χ0n) is 55.3.